The fraction of sp³-hybridized carbons (Fsp3) is 0.174. The SMILES string of the molecule is CC(C)(C)OC(=O)S(c1ccccc1)(c1ccccc1)c1ccccc1. The van der Waals surface area contributed by atoms with Crippen LogP contribution in [-0.4, -0.2) is 10.9 Å². The maximum Gasteiger partial charge on any atom is 0.362 e. The van der Waals surface area contributed by atoms with E-state index >= 15 is 0 Å². The lowest BCUT2D eigenvalue weighted by atomic mass is 10.2. The molecule has 0 saturated heterocycles. The molecule has 0 aliphatic heterocycles. The van der Waals surface area contributed by atoms with Crippen molar-refractivity contribution in [2.75, 3.05) is 0 Å². The monoisotopic (exact) mass is 364 g/mol. The molecule has 0 amide bonds. The van der Waals surface area contributed by atoms with Crippen molar-refractivity contribution in [1.29, 1.82) is 0 Å². The van der Waals surface area contributed by atoms with Gasteiger partial charge in [0.1, 0.15) is 5.60 Å². The number of ether oxygens (including phenoxy) is 1. The van der Waals surface area contributed by atoms with Crippen LogP contribution in [-0.2, 0) is 4.74 Å². The Morgan fingerprint density at radius 1 is 0.654 bits per heavy atom. The first-order valence-corrected chi connectivity index (χ1v) is 10.3. The van der Waals surface area contributed by atoms with Crippen LogP contribution in [0.2, 0.25) is 0 Å². The Kier molecular flexibility index (Phi) is 5.19. The number of benzene rings is 3. The van der Waals surface area contributed by atoms with E-state index in [0.717, 1.165) is 14.7 Å². The van der Waals surface area contributed by atoms with Gasteiger partial charge in [0, 0.05) is 14.7 Å². The summed E-state index contributed by atoms with van der Waals surface area (Å²) in [5, 5.41) is -0.186. The van der Waals surface area contributed by atoms with Crippen molar-refractivity contribution < 1.29 is 9.53 Å². The molecular weight excluding hydrogens is 340 g/mol. The zero-order valence-corrected chi connectivity index (χ0v) is 16.2. The van der Waals surface area contributed by atoms with Gasteiger partial charge in [0.25, 0.3) is 0 Å². The third kappa shape index (κ3) is 3.54. The molecule has 0 fully saturated rings. The maximum absolute atomic E-state index is 13.7. The Hall–Kier alpha value is -2.52. The van der Waals surface area contributed by atoms with Crippen molar-refractivity contribution in [3.8, 4) is 0 Å². The van der Waals surface area contributed by atoms with Crippen LogP contribution in [0.1, 0.15) is 20.8 Å². The van der Waals surface area contributed by atoms with Crippen LogP contribution in [0.15, 0.2) is 106 Å². The summed E-state index contributed by atoms with van der Waals surface area (Å²) in [5.74, 6) is 0. The Morgan fingerprint density at radius 2 is 0.962 bits per heavy atom. The zero-order valence-electron chi connectivity index (χ0n) is 15.4. The van der Waals surface area contributed by atoms with E-state index in [2.05, 4.69) is 0 Å². The van der Waals surface area contributed by atoms with Crippen LogP contribution in [0.5, 0.6) is 0 Å². The van der Waals surface area contributed by atoms with Gasteiger partial charge in [0.15, 0.2) is 0 Å². The van der Waals surface area contributed by atoms with Gasteiger partial charge < -0.3 is 4.74 Å². The van der Waals surface area contributed by atoms with E-state index in [-0.39, 0.29) is 5.30 Å². The number of hydrogen-bond acceptors (Lipinski definition) is 2. The minimum absolute atomic E-state index is 0.186. The lowest BCUT2D eigenvalue weighted by molar-refractivity contribution is 0.0729. The molecule has 0 saturated carbocycles. The predicted molar refractivity (Wildman–Crippen MR) is 108 cm³/mol. The van der Waals surface area contributed by atoms with Crippen molar-refractivity contribution in [2.45, 2.75) is 41.1 Å². The molecule has 3 heteroatoms. The number of rotatable bonds is 3. The Labute approximate surface area is 157 Å². The van der Waals surface area contributed by atoms with Crippen LogP contribution < -0.4 is 0 Å². The highest BCUT2D eigenvalue weighted by Crippen LogP contribution is 2.69. The summed E-state index contributed by atoms with van der Waals surface area (Å²) in [6, 6.07) is 30.0. The number of hydrogen-bond donors (Lipinski definition) is 0. The van der Waals surface area contributed by atoms with Gasteiger partial charge in [0.2, 0.25) is 0 Å². The van der Waals surface area contributed by atoms with Crippen molar-refractivity contribution in [3.05, 3.63) is 91.0 Å². The lowest BCUT2D eigenvalue weighted by Crippen LogP contribution is -2.27. The Bertz CT molecular complexity index is 756. The van der Waals surface area contributed by atoms with Crippen LogP contribution in [0.3, 0.4) is 0 Å². The van der Waals surface area contributed by atoms with E-state index in [1.807, 2.05) is 112 Å². The molecule has 0 heterocycles. The minimum atomic E-state index is -2.21. The predicted octanol–water partition coefficient (Wildman–Crippen LogP) is 6.90. The van der Waals surface area contributed by atoms with Gasteiger partial charge in [-0.15, -0.1) is 0 Å². The van der Waals surface area contributed by atoms with Crippen molar-refractivity contribution in [3.63, 3.8) is 0 Å². The lowest BCUT2D eigenvalue weighted by Gasteiger charge is -2.40. The van der Waals surface area contributed by atoms with Gasteiger partial charge in [-0.1, -0.05) is 64.6 Å². The molecule has 0 radical (unpaired) electrons. The van der Waals surface area contributed by atoms with E-state index in [4.69, 9.17) is 4.74 Å². The second kappa shape index (κ2) is 7.38. The summed E-state index contributed by atoms with van der Waals surface area (Å²) >= 11 is 0. The third-order valence-corrected chi connectivity index (χ3v) is 7.45. The maximum atomic E-state index is 13.7. The first kappa shape index (κ1) is 18.3. The summed E-state index contributed by atoms with van der Waals surface area (Å²) in [5.41, 5.74) is -0.562. The minimum Gasteiger partial charge on any atom is -0.452 e. The van der Waals surface area contributed by atoms with Crippen molar-refractivity contribution in [1.82, 2.24) is 0 Å². The summed E-state index contributed by atoms with van der Waals surface area (Å²) in [6.45, 7) is 5.74. The molecule has 0 aliphatic carbocycles. The summed E-state index contributed by atoms with van der Waals surface area (Å²) in [7, 11) is -2.21. The van der Waals surface area contributed by atoms with Gasteiger partial charge in [-0.25, -0.2) is 4.79 Å². The molecule has 26 heavy (non-hydrogen) atoms. The second-order valence-electron chi connectivity index (χ2n) is 7.02. The molecule has 3 aromatic carbocycles. The first-order valence-electron chi connectivity index (χ1n) is 8.66. The van der Waals surface area contributed by atoms with Crippen LogP contribution in [0.4, 0.5) is 4.79 Å². The largest absolute Gasteiger partial charge is 0.452 e. The molecule has 3 rings (SSSR count). The molecule has 0 unspecified atom stereocenters. The second-order valence-corrected chi connectivity index (χ2v) is 9.99. The molecule has 0 aromatic heterocycles. The van der Waals surface area contributed by atoms with E-state index in [9.17, 15) is 4.79 Å². The van der Waals surface area contributed by atoms with Crippen LogP contribution in [0, 0.1) is 0 Å². The van der Waals surface area contributed by atoms with E-state index in [1.165, 1.54) is 0 Å². The first-order chi connectivity index (χ1) is 12.4. The molecule has 0 bridgehead atoms. The average Bonchev–Trinajstić information content (AvgIpc) is 2.64. The highest BCUT2D eigenvalue weighted by molar-refractivity contribution is 8.45. The van der Waals surface area contributed by atoms with E-state index < -0.39 is 15.6 Å². The fourth-order valence-corrected chi connectivity index (χ4v) is 6.35. The quantitative estimate of drug-likeness (QED) is 0.472. The molecule has 2 nitrogen and oxygen atoms in total. The summed E-state index contributed by atoms with van der Waals surface area (Å²) in [6.07, 6.45) is 0. The highest BCUT2D eigenvalue weighted by atomic mass is 32.3. The Morgan fingerprint density at radius 3 is 1.23 bits per heavy atom. The van der Waals surface area contributed by atoms with Crippen molar-refractivity contribution in [2.24, 2.45) is 0 Å². The highest BCUT2D eigenvalue weighted by Gasteiger charge is 2.41. The number of carbonyl (C=O) groups excluding carboxylic acids is 1. The summed E-state index contributed by atoms with van der Waals surface area (Å²) in [4.78, 5) is 16.6. The smallest absolute Gasteiger partial charge is 0.362 e. The van der Waals surface area contributed by atoms with Gasteiger partial charge >= 0.3 is 5.30 Å². The Balaban J connectivity index is 2.34. The standard InChI is InChI=1S/C23H24O2S/c1-23(2,3)25-22(24)26(19-13-7-4-8-14-19,20-15-9-5-10-16-20)21-17-11-6-12-18-21/h4-18H,1-3H3. The van der Waals surface area contributed by atoms with Crippen LogP contribution >= 0.6 is 10.0 Å². The van der Waals surface area contributed by atoms with Crippen LogP contribution in [0.25, 0.3) is 0 Å². The molecule has 0 aliphatic rings. The van der Waals surface area contributed by atoms with E-state index in [1.54, 1.807) is 0 Å². The molecular formula is C23H24O2S. The van der Waals surface area contributed by atoms with E-state index in [0.29, 0.717) is 0 Å². The molecule has 0 N–H and O–H groups in total. The topological polar surface area (TPSA) is 26.3 Å². The number of carbonyl (C=O) groups is 1. The molecule has 0 spiro atoms. The van der Waals surface area contributed by atoms with Gasteiger partial charge in [-0.3, -0.25) is 0 Å². The van der Waals surface area contributed by atoms with Crippen molar-refractivity contribution >= 4 is 15.3 Å². The average molecular weight is 365 g/mol. The molecule has 0 atom stereocenters. The molecule has 134 valence electrons. The van der Waals surface area contributed by atoms with Gasteiger partial charge in [0.05, 0.1) is 0 Å². The third-order valence-electron chi connectivity index (χ3n) is 3.93. The zero-order chi connectivity index (χ0) is 18.6. The molecule has 3 aromatic rings. The normalized spacial score (nSPS) is 12.4. The van der Waals surface area contributed by atoms with Gasteiger partial charge in [-0.2, -0.15) is 0 Å². The summed E-state index contributed by atoms with van der Waals surface area (Å²) < 4.78 is 5.96. The fourth-order valence-electron chi connectivity index (χ4n) is 2.88. The van der Waals surface area contributed by atoms with Gasteiger partial charge in [-0.05, 0) is 57.2 Å².